The normalized spacial score (nSPS) is 18.4. The lowest BCUT2D eigenvalue weighted by Gasteiger charge is -2.12. The third-order valence-corrected chi connectivity index (χ3v) is 2.84. The van der Waals surface area contributed by atoms with E-state index in [-0.39, 0.29) is 17.9 Å². The number of carbonyl (C=O) groups is 2. The van der Waals surface area contributed by atoms with Crippen molar-refractivity contribution < 1.29 is 9.59 Å². The lowest BCUT2D eigenvalue weighted by atomic mass is 10.1. The van der Waals surface area contributed by atoms with Gasteiger partial charge in [-0.3, -0.25) is 9.59 Å². The molecule has 1 aliphatic heterocycles. The van der Waals surface area contributed by atoms with Crippen LogP contribution in [0.15, 0.2) is 24.3 Å². The molecule has 3 N–H and O–H groups in total. The van der Waals surface area contributed by atoms with E-state index in [1.54, 1.807) is 24.3 Å². The number of benzene rings is 1. The van der Waals surface area contributed by atoms with Crippen LogP contribution in [-0.4, -0.2) is 30.9 Å². The Morgan fingerprint density at radius 3 is 2.89 bits per heavy atom. The molecule has 2 amide bonds. The first-order valence-corrected chi connectivity index (χ1v) is 6.04. The Kier molecular flexibility index (Phi) is 3.94. The fourth-order valence-corrected chi connectivity index (χ4v) is 1.99. The van der Waals surface area contributed by atoms with E-state index in [2.05, 4.69) is 16.0 Å². The molecule has 1 aliphatic rings. The maximum absolute atomic E-state index is 12.0. The summed E-state index contributed by atoms with van der Waals surface area (Å²) in [6.45, 7) is 3.20. The fourth-order valence-electron chi connectivity index (χ4n) is 1.99. The van der Waals surface area contributed by atoms with Crippen molar-refractivity contribution in [1.82, 2.24) is 10.6 Å². The number of rotatable bonds is 3. The van der Waals surface area contributed by atoms with E-state index in [1.807, 2.05) is 0 Å². The summed E-state index contributed by atoms with van der Waals surface area (Å²) in [5, 5.41) is 8.82. The van der Waals surface area contributed by atoms with Crippen molar-refractivity contribution in [3.05, 3.63) is 29.8 Å². The highest BCUT2D eigenvalue weighted by molar-refractivity contribution is 5.96. The second-order valence-electron chi connectivity index (χ2n) is 4.43. The first-order chi connectivity index (χ1) is 8.65. The molecule has 1 aromatic rings. The quantitative estimate of drug-likeness (QED) is 0.737. The van der Waals surface area contributed by atoms with Gasteiger partial charge in [0.1, 0.15) is 0 Å². The van der Waals surface area contributed by atoms with Gasteiger partial charge in [-0.25, -0.2) is 0 Å². The number of anilines is 1. The number of hydrogen-bond donors (Lipinski definition) is 3. The summed E-state index contributed by atoms with van der Waals surface area (Å²) in [6, 6.07) is 7.13. The number of nitrogens with one attached hydrogen (secondary N) is 3. The van der Waals surface area contributed by atoms with Crippen molar-refractivity contribution in [3.63, 3.8) is 0 Å². The average molecular weight is 247 g/mol. The molecule has 1 atom stereocenters. The fraction of sp³-hybridized carbons (Fsp3) is 0.385. The lowest BCUT2D eigenvalue weighted by Crippen LogP contribution is -2.36. The number of hydrogen-bond acceptors (Lipinski definition) is 3. The van der Waals surface area contributed by atoms with Gasteiger partial charge in [-0.2, -0.15) is 0 Å². The third kappa shape index (κ3) is 3.30. The molecule has 0 saturated carbocycles. The summed E-state index contributed by atoms with van der Waals surface area (Å²) in [7, 11) is 0. The Hall–Kier alpha value is -1.88. The van der Waals surface area contributed by atoms with Gasteiger partial charge in [0.25, 0.3) is 5.91 Å². The van der Waals surface area contributed by atoms with E-state index in [9.17, 15) is 9.59 Å². The maximum atomic E-state index is 12.0. The first-order valence-electron chi connectivity index (χ1n) is 6.04. The molecule has 5 nitrogen and oxygen atoms in total. The van der Waals surface area contributed by atoms with E-state index >= 15 is 0 Å². The standard InChI is InChI=1S/C13H17N3O2/c1-9(17)15-11-4-2-3-10(7-11)13(18)16-12-5-6-14-8-12/h2-4,7,12,14H,5-6,8H2,1H3,(H,15,17)(H,16,18). The zero-order chi connectivity index (χ0) is 13.0. The van der Waals surface area contributed by atoms with Crippen molar-refractivity contribution in [2.75, 3.05) is 18.4 Å². The predicted octanol–water partition coefficient (Wildman–Crippen LogP) is 0.737. The van der Waals surface area contributed by atoms with Gasteiger partial charge >= 0.3 is 0 Å². The monoisotopic (exact) mass is 247 g/mol. The largest absolute Gasteiger partial charge is 0.348 e. The van der Waals surface area contributed by atoms with Crippen LogP contribution >= 0.6 is 0 Å². The minimum Gasteiger partial charge on any atom is -0.348 e. The van der Waals surface area contributed by atoms with Crippen molar-refractivity contribution in [2.24, 2.45) is 0 Å². The van der Waals surface area contributed by atoms with Crippen LogP contribution in [0.1, 0.15) is 23.7 Å². The van der Waals surface area contributed by atoms with Crippen molar-refractivity contribution in [2.45, 2.75) is 19.4 Å². The van der Waals surface area contributed by atoms with E-state index < -0.39 is 0 Å². The molecule has 0 spiro atoms. The Morgan fingerprint density at radius 1 is 1.39 bits per heavy atom. The highest BCUT2D eigenvalue weighted by Gasteiger charge is 2.17. The van der Waals surface area contributed by atoms with Crippen LogP contribution in [0.3, 0.4) is 0 Å². The second-order valence-corrected chi connectivity index (χ2v) is 4.43. The minimum atomic E-state index is -0.146. The Morgan fingerprint density at radius 2 is 2.22 bits per heavy atom. The summed E-state index contributed by atoms with van der Waals surface area (Å²) in [5.41, 5.74) is 1.20. The van der Waals surface area contributed by atoms with Gasteiger partial charge in [-0.15, -0.1) is 0 Å². The number of amides is 2. The molecule has 1 saturated heterocycles. The second kappa shape index (κ2) is 5.64. The number of carbonyl (C=O) groups excluding carboxylic acids is 2. The summed E-state index contributed by atoms with van der Waals surface area (Å²) >= 11 is 0. The van der Waals surface area contributed by atoms with Gasteiger partial charge in [0, 0.05) is 30.8 Å². The van der Waals surface area contributed by atoms with Gasteiger partial charge in [-0.05, 0) is 31.2 Å². The molecular formula is C13H17N3O2. The zero-order valence-corrected chi connectivity index (χ0v) is 10.3. The van der Waals surface area contributed by atoms with Crippen molar-refractivity contribution >= 4 is 17.5 Å². The Balaban J connectivity index is 2.02. The van der Waals surface area contributed by atoms with E-state index in [0.29, 0.717) is 11.3 Å². The lowest BCUT2D eigenvalue weighted by molar-refractivity contribution is -0.114. The zero-order valence-electron chi connectivity index (χ0n) is 10.3. The SMILES string of the molecule is CC(=O)Nc1cccc(C(=O)NC2CCNC2)c1. The van der Waals surface area contributed by atoms with Gasteiger partial charge in [0.15, 0.2) is 0 Å². The average Bonchev–Trinajstić information content (AvgIpc) is 2.81. The maximum Gasteiger partial charge on any atom is 0.251 e. The van der Waals surface area contributed by atoms with Crippen LogP contribution in [0.2, 0.25) is 0 Å². The molecule has 1 aromatic carbocycles. The molecule has 0 aliphatic carbocycles. The summed E-state index contributed by atoms with van der Waals surface area (Å²) in [4.78, 5) is 22.9. The smallest absolute Gasteiger partial charge is 0.251 e. The van der Waals surface area contributed by atoms with Crippen molar-refractivity contribution in [1.29, 1.82) is 0 Å². The van der Waals surface area contributed by atoms with Crippen LogP contribution in [-0.2, 0) is 4.79 Å². The molecular weight excluding hydrogens is 230 g/mol. The van der Waals surface area contributed by atoms with Crippen LogP contribution in [0.5, 0.6) is 0 Å². The molecule has 5 heteroatoms. The van der Waals surface area contributed by atoms with E-state index in [0.717, 1.165) is 19.5 Å². The molecule has 0 bridgehead atoms. The van der Waals surface area contributed by atoms with Crippen molar-refractivity contribution in [3.8, 4) is 0 Å². The highest BCUT2D eigenvalue weighted by Crippen LogP contribution is 2.11. The summed E-state index contributed by atoms with van der Waals surface area (Å²) in [6.07, 6.45) is 0.955. The molecule has 18 heavy (non-hydrogen) atoms. The third-order valence-electron chi connectivity index (χ3n) is 2.84. The Labute approximate surface area is 106 Å². The molecule has 1 unspecified atom stereocenters. The molecule has 1 heterocycles. The van der Waals surface area contributed by atoms with E-state index in [1.165, 1.54) is 6.92 Å². The van der Waals surface area contributed by atoms with E-state index in [4.69, 9.17) is 0 Å². The highest BCUT2D eigenvalue weighted by atomic mass is 16.2. The predicted molar refractivity (Wildman–Crippen MR) is 69.5 cm³/mol. The molecule has 0 aromatic heterocycles. The van der Waals surface area contributed by atoms with Gasteiger partial charge in [-0.1, -0.05) is 6.07 Å². The topological polar surface area (TPSA) is 70.2 Å². The Bertz CT molecular complexity index is 453. The molecule has 2 rings (SSSR count). The molecule has 1 fully saturated rings. The summed E-state index contributed by atoms with van der Waals surface area (Å²) < 4.78 is 0. The van der Waals surface area contributed by atoms with Crippen LogP contribution in [0.4, 0.5) is 5.69 Å². The summed E-state index contributed by atoms with van der Waals surface area (Å²) in [5.74, 6) is -0.247. The first kappa shape index (κ1) is 12.6. The van der Waals surface area contributed by atoms with Crippen LogP contribution in [0.25, 0.3) is 0 Å². The molecule has 96 valence electrons. The van der Waals surface area contributed by atoms with Crippen LogP contribution < -0.4 is 16.0 Å². The molecule has 0 radical (unpaired) electrons. The van der Waals surface area contributed by atoms with Gasteiger partial charge in [0.05, 0.1) is 0 Å². The van der Waals surface area contributed by atoms with Crippen LogP contribution in [0, 0.1) is 0 Å². The van der Waals surface area contributed by atoms with Gasteiger partial charge < -0.3 is 16.0 Å². The minimum absolute atomic E-state index is 0.101. The van der Waals surface area contributed by atoms with Gasteiger partial charge in [0.2, 0.25) is 5.91 Å².